The van der Waals surface area contributed by atoms with Crippen molar-refractivity contribution in [2.45, 2.75) is 30.9 Å². The van der Waals surface area contributed by atoms with Gasteiger partial charge >= 0.3 is 0 Å². The van der Waals surface area contributed by atoms with Crippen molar-refractivity contribution in [1.29, 1.82) is 0 Å². The molecular formula is C16H17F2NO3S. The average Bonchev–Trinajstić information content (AvgIpc) is 2.49. The van der Waals surface area contributed by atoms with Crippen molar-refractivity contribution < 1.29 is 22.3 Å². The van der Waals surface area contributed by atoms with Crippen molar-refractivity contribution in [3.05, 3.63) is 65.2 Å². The molecule has 0 aromatic heterocycles. The van der Waals surface area contributed by atoms with Gasteiger partial charge in [-0.2, -0.15) is 0 Å². The highest BCUT2D eigenvalue weighted by Gasteiger charge is 2.25. The molecule has 0 saturated carbocycles. The quantitative estimate of drug-likeness (QED) is 0.879. The van der Waals surface area contributed by atoms with E-state index in [1.807, 2.05) is 0 Å². The third kappa shape index (κ3) is 4.13. The van der Waals surface area contributed by atoms with E-state index in [9.17, 15) is 22.3 Å². The number of sulfonamides is 1. The van der Waals surface area contributed by atoms with Gasteiger partial charge in [0.05, 0.1) is 11.0 Å². The molecule has 2 N–H and O–H groups in total. The van der Waals surface area contributed by atoms with Crippen LogP contribution in [0.25, 0.3) is 0 Å². The summed E-state index contributed by atoms with van der Waals surface area (Å²) in [5, 5.41) is 10.2. The monoisotopic (exact) mass is 341 g/mol. The minimum atomic E-state index is -4.00. The maximum absolute atomic E-state index is 13.3. The summed E-state index contributed by atoms with van der Waals surface area (Å²) in [6, 6.07) is 7.68. The number of hydrogen-bond donors (Lipinski definition) is 2. The van der Waals surface area contributed by atoms with E-state index in [0.29, 0.717) is 11.1 Å². The molecule has 0 amide bonds. The largest absolute Gasteiger partial charge is 0.387 e. The molecule has 0 radical (unpaired) electrons. The lowest BCUT2D eigenvalue weighted by molar-refractivity contribution is 0.146. The summed E-state index contributed by atoms with van der Waals surface area (Å²) in [5.74, 6) is -1.12. The first-order chi connectivity index (χ1) is 10.7. The van der Waals surface area contributed by atoms with E-state index < -0.39 is 33.8 Å². The summed E-state index contributed by atoms with van der Waals surface area (Å²) < 4.78 is 53.2. The lowest BCUT2D eigenvalue weighted by Gasteiger charge is -2.21. The van der Waals surface area contributed by atoms with Crippen LogP contribution in [0.1, 0.15) is 24.2 Å². The van der Waals surface area contributed by atoms with Crippen LogP contribution in [0, 0.1) is 18.6 Å². The van der Waals surface area contributed by atoms with Gasteiger partial charge in [-0.25, -0.2) is 21.9 Å². The van der Waals surface area contributed by atoms with Crippen molar-refractivity contribution in [3.8, 4) is 0 Å². The number of halogens is 2. The summed E-state index contributed by atoms with van der Waals surface area (Å²) in [5.41, 5.74) is 0.764. The van der Waals surface area contributed by atoms with Gasteiger partial charge in [-0.3, -0.25) is 0 Å². The SMILES string of the molecule is Cc1ccc(F)cc1S(=O)(=O)NC(C)C(O)c1ccc(F)cc1. The molecule has 0 aliphatic heterocycles. The fraction of sp³-hybridized carbons (Fsp3) is 0.250. The van der Waals surface area contributed by atoms with Gasteiger partial charge < -0.3 is 5.11 Å². The Morgan fingerprint density at radius 2 is 1.61 bits per heavy atom. The number of nitrogens with one attached hydrogen (secondary N) is 1. The van der Waals surface area contributed by atoms with Crippen LogP contribution >= 0.6 is 0 Å². The second-order valence-corrected chi connectivity index (χ2v) is 7.00. The molecule has 2 unspecified atom stereocenters. The predicted octanol–water partition coefficient (Wildman–Crippen LogP) is 2.67. The van der Waals surface area contributed by atoms with Crippen molar-refractivity contribution in [2.75, 3.05) is 0 Å². The maximum Gasteiger partial charge on any atom is 0.241 e. The highest BCUT2D eigenvalue weighted by Crippen LogP contribution is 2.21. The molecule has 0 aliphatic carbocycles. The van der Waals surface area contributed by atoms with E-state index in [2.05, 4.69) is 4.72 Å². The number of aliphatic hydroxyl groups is 1. The van der Waals surface area contributed by atoms with E-state index in [0.717, 1.165) is 6.07 Å². The van der Waals surface area contributed by atoms with Crippen LogP contribution in [0.4, 0.5) is 8.78 Å². The van der Waals surface area contributed by atoms with Crippen molar-refractivity contribution in [1.82, 2.24) is 4.72 Å². The summed E-state index contributed by atoms with van der Waals surface area (Å²) in [4.78, 5) is -0.185. The lowest BCUT2D eigenvalue weighted by Crippen LogP contribution is -2.37. The zero-order valence-corrected chi connectivity index (χ0v) is 13.4. The van der Waals surface area contributed by atoms with E-state index in [1.54, 1.807) is 6.92 Å². The third-order valence-electron chi connectivity index (χ3n) is 3.47. The molecular weight excluding hydrogens is 324 g/mol. The molecule has 2 aromatic rings. The standard InChI is InChI=1S/C16H17F2NO3S/c1-10-3-6-14(18)9-15(10)23(21,22)19-11(2)16(20)12-4-7-13(17)8-5-12/h3-9,11,16,19-20H,1-2H3. The zero-order chi connectivity index (χ0) is 17.2. The number of rotatable bonds is 5. The van der Waals surface area contributed by atoms with E-state index in [4.69, 9.17) is 0 Å². The van der Waals surface area contributed by atoms with Gasteiger partial charge in [0.1, 0.15) is 11.6 Å². The molecule has 0 heterocycles. The van der Waals surface area contributed by atoms with Crippen LogP contribution < -0.4 is 4.72 Å². The van der Waals surface area contributed by atoms with Gasteiger partial charge in [0, 0.05) is 6.04 Å². The second-order valence-electron chi connectivity index (χ2n) is 5.32. The Kier molecular flexibility index (Phi) is 5.13. The first-order valence-corrected chi connectivity index (χ1v) is 8.41. The van der Waals surface area contributed by atoms with Gasteiger partial charge in [0.2, 0.25) is 10.0 Å². The Morgan fingerprint density at radius 1 is 1.04 bits per heavy atom. The predicted molar refractivity (Wildman–Crippen MR) is 82.3 cm³/mol. The fourth-order valence-electron chi connectivity index (χ4n) is 2.18. The smallest absolute Gasteiger partial charge is 0.241 e. The molecule has 2 rings (SSSR count). The van der Waals surface area contributed by atoms with Gasteiger partial charge in [-0.05, 0) is 49.2 Å². The molecule has 0 spiro atoms. The minimum absolute atomic E-state index is 0.185. The molecule has 2 aromatic carbocycles. The van der Waals surface area contributed by atoms with E-state index >= 15 is 0 Å². The summed E-state index contributed by atoms with van der Waals surface area (Å²) >= 11 is 0. The topological polar surface area (TPSA) is 66.4 Å². The molecule has 4 nitrogen and oxygen atoms in total. The van der Waals surface area contributed by atoms with Gasteiger partial charge in [0.25, 0.3) is 0 Å². The molecule has 0 fully saturated rings. The van der Waals surface area contributed by atoms with E-state index in [1.165, 1.54) is 43.3 Å². The normalized spacial score (nSPS) is 14.5. The highest BCUT2D eigenvalue weighted by atomic mass is 32.2. The number of benzene rings is 2. The van der Waals surface area contributed by atoms with Crippen LogP contribution in [-0.2, 0) is 10.0 Å². The second kappa shape index (κ2) is 6.74. The molecule has 124 valence electrons. The Bertz CT molecular complexity index is 791. The maximum atomic E-state index is 13.3. The summed E-state index contributed by atoms with van der Waals surface area (Å²) in [7, 11) is -4.00. The molecule has 0 bridgehead atoms. The van der Waals surface area contributed by atoms with Gasteiger partial charge in [-0.15, -0.1) is 0 Å². The highest BCUT2D eigenvalue weighted by molar-refractivity contribution is 7.89. The summed E-state index contributed by atoms with van der Waals surface area (Å²) in [6.07, 6.45) is -1.17. The Hall–Kier alpha value is -1.83. The fourth-order valence-corrected chi connectivity index (χ4v) is 3.69. The molecule has 23 heavy (non-hydrogen) atoms. The third-order valence-corrected chi connectivity index (χ3v) is 5.17. The Morgan fingerprint density at radius 3 is 2.22 bits per heavy atom. The van der Waals surface area contributed by atoms with Crippen LogP contribution in [-0.4, -0.2) is 19.6 Å². The molecule has 0 saturated heterocycles. The molecule has 0 aliphatic rings. The van der Waals surface area contributed by atoms with Gasteiger partial charge in [-0.1, -0.05) is 18.2 Å². The van der Waals surface area contributed by atoms with Crippen molar-refractivity contribution in [3.63, 3.8) is 0 Å². The van der Waals surface area contributed by atoms with E-state index in [-0.39, 0.29) is 4.90 Å². The Balaban J connectivity index is 2.22. The number of aryl methyl sites for hydroxylation is 1. The molecule has 7 heteroatoms. The molecule has 2 atom stereocenters. The zero-order valence-electron chi connectivity index (χ0n) is 12.6. The Labute approximate surface area is 133 Å². The van der Waals surface area contributed by atoms with Crippen LogP contribution in [0.5, 0.6) is 0 Å². The minimum Gasteiger partial charge on any atom is -0.387 e. The lowest BCUT2D eigenvalue weighted by atomic mass is 10.0. The van der Waals surface area contributed by atoms with Gasteiger partial charge in [0.15, 0.2) is 0 Å². The number of aliphatic hydroxyl groups excluding tert-OH is 1. The number of hydrogen-bond acceptors (Lipinski definition) is 3. The average molecular weight is 341 g/mol. The van der Waals surface area contributed by atoms with Crippen LogP contribution in [0.2, 0.25) is 0 Å². The summed E-state index contributed by atoms with van der Waals surface area (Å²) in [6.45, 7) is 3.02. The van der Waals surface area contributed by atoms with Crippen molar-refractivity contribution in [2.24, 2.45) is 0 Å². The van der Waals surface area contributed by atoms with Crippen molar-refractivity contribution >= 4 is 10.0 Å². The first kappa shape index (κ1) is 17.5. The van der Waals surface area contributed by atoms with Crippen LogP contribution in [0.3, 0.4) is 0 Å². The van der Waals surface area contributed by atoms with Crippen LogP contribution in [0.15, 0.2) is 47.4 Å². The first-order valence-electron chi connectivity index (χ1n) is 6.93.